The minimum Gasteiger partial charge on any atom is -0.388 e. The van der Waals surface area contributed by atoms with Crippen LogP contribution in [0.5, 0.6) is 0 Å². The molecule has 0 spiro atoms. The summed E-state index contributed by atoms with van der Waals surface area (Å²) in [5.41, 5.74) is -0.706. The van der Waals surface area contributed by atoms with Crippen LogP contribution < -0.4 is 5.32 Å². The summed E-state index contributed by atoms with van der Waals surface area (Å²) in [5.74, 6) is 0. The summed E-state index contributed by atoms with van der Waals surface area (Å²) in [7, 11) is 2.06. The molecule has 0 radical (unpaired) electrons. The van der Waals surface area contributed by atoms with Gasteiger partial charge in [-0.2, -0.15) is 0 Å². The van der Waals surface area contributed by atoms with Crippen molar-refractivity contribution in [2.24, 2.45) is 0 Å². The van der Waals surface area contributed by atoms with Crippen molar-refractivity contribution >= 4 is 6.03 Å². The number of rotatable bonds is 1. The molecule has 2 atom stereocenters. The number of urea groups is 1. The molecule has 2 rings (SSSR count). The van der Waals surface area contributed by atoms with E-state index < -0.39 is 5.60 Å². The third kappa shape index (κ3) is 2.30. The van der Waals surface area contributed by atoms with E-state index in [2.05, 4.69) is 17.3 Å². The smallest absolute Gasteiger partial charge is 0.317 e. The van der Waals surface area contributed by atoms with Gasteiger partial charge in [0.05, 0.1) is 11.6 Å². The summed E-state index contributed by atoms with van der Waals surface area (Å²) in [6.45, 7) is 5.18. The fourth-order valence-electron chi connectivity index (χ4n) is 2.18. The number of nitrogens with zero attached hydrogens (tertiary/aromatic N) is 2. The summed E-state index contributed by atoms with van der Waals surface area (Å²) >= 11 is 0. The Morgan fingerprint density at radius 3 is 2.44 bits per heavy atom. The van der Waals surface area contributed by atoms with Crippen molar-refractivity contribution in [1.82, 2.24) is 15.1 Å². The molecular formula is C11H21N3O2. The van der Waals surface area contributed by atoms with Gasteiger partial charge in [0.25, 0.3) is 0 Å². The van der Waals surface area contributed by atoms with E-state index in [1.54, 1.807) is 6.92 Å². The van der Waals surface area contributed by atoms with E-state index in [4.69, 9.17) is 0 Å². The molecule has 2 N–H and O–H groups in total. The van der Waals surface area contributed by atoms with Crippen LogP contribution in [0.4, 0.5) is 4.79 Å². The second kappa shape index (κ2) is 4.22. The molecule has 16 heavy (non-hydrogen) atoms. The van der Waals surface area contributed by atoms with Gasteiger partial charge in [0.15, 0.2) is 0 Å². The van der Waals surface area contributed by atoms with E-state index in [1.807, 2.05) is 4.90 Å². The summed E-state index contributed by atoms with van der Waals surface area (Å²) in [6, 6.07) is -0.0993. The normalized spacial score (nSPS) is 35.7. The van der Waals surface area contributed by atoms with Gasteiger partial charge in [0.2, 0.25) is 0 Å². The first-order valence-corrected chi connectivity index (χ1v) is 5.95. The molecule has 0 bridgehead atoms. The van der Waals surface area contributed by atoms with Crippen LogP contribution in [0, 0.1) is 0 Å². The van der Waals surface area contributed by atoms with E-state index in [0.717, 1.165) is 39.0 Å². The summed E-state index contributed by atoms with van der Waals surface area (Å²) in [6.07, 6.45) is 1.66. The number of piperazine rings is 1. The number of aliphatic hydroxyl groups is 1. The van der Waals surface area contributed by atoms with Crippen molar-refractivity contribution < 1.29 is 9.90 Å². The van der Waals surface area contributed by atoms with Crippen LogP contribution >= 0.6 is 0 Å². The molecule has 1 saturated heterocycles. The zero-order chi connectivity index (χ0) is 11.8. The van der Waals surface area contributed by atoms with Crippen LogP contribution in [-0.4, -0.2) is 65.8 Å². The molecule has 0 aromatic heterocycles. The minimum absolute atomic E-state index is 0.0296. The van der Waals surface area contributed by atoms with Gasteiger partial charge in [-0.05, 0) is 26.8 Å². The lowest BCUT2D eigenvalue weighted by Crippen LogP contribution is -2.62. The van der Waals surface area contributed by atoms with Crippen molar-refractivity contribution in [3.63, 3.8) is 0 Å². The molecule has 2 amide bonds. The van der Waals surface area contributed by atoms with Crippen LogP contribution in [0.2, 0.25) is 0 Å². The summed E-state index contributed by atoms with van der Waals surface area (Å²) in [5, 5.41) is 12.7. The number of carbonyl (C=O) groups is 1. The average molecular weight is 227 g/mol. The lowest BCUT2D eigenvalue weighted by atomic mass is 9.76. The van der Waals surface area contributed by atoms with E-state index in [1.165, 1.54) is 0 Å². The van der Waals surface area contributed by atoms with Crippen LogP contribution in [0.15, 0.2) is 0 Å². The predicted molar refractivity (Wildman–Crippen MR) is 61.2 cm³/mol. The van der Waals surface area contributed by atoms with Gasteiger partial charge in [-0.1, -0.05) is 0 Å². The van der Waals surface area contributed by atoms with Crippen LogP contribution in [0.25, 0.3) is 0 Å². The highest BCUT2D eigenvalue weighted by Crippen LogP contribution is 2.31. The number of hydrogen-bond donors (Lipinski definition) is 2. The molecular weight excluding hydrogens is 206 g/mol. The third-order valence-electron chi connectivity index (χ3n) is 3.78. The van der Waals surface area contributed by atoms with Crippen LogP contribution in [0.3, 0.4) is 0 Å². The Balaban J connectivity index is 1.80. The standard InChI is InChI=1S/C11H21N3O2/c1-11(16)4-3-9(11)12-10(15)14-7-5-13(2)6-8-14/h9,16H,3-8H2,1-2H3,(H,12,15)/t9-,11-/m1/s1. The molecule has 2 fully saturated rings. The molecule has 92 valence electrons. The van der Waals surface area contributed by atoms with E-state index >= 15 is 0 Å². The molecule has 0 unspecified atom stereocenters. The maximum atomic E-state index is 11.9. The fourth-order valence-corrected chi connectivity index (χ4v) is 2.18. The Kier molecular flexibility index (Phi) is 3.08. The van der Waals surface area contributed by atoms with Gasteiger partial charge in [0.1, 0.15) is 0 Å². The third-order valence-corrected chi connectivity index (χ3v) is 3.78. The van der Waals surface area contributed by atoms with Gasteiger partial charge in [0, 0.05) is 26.2 Å². The van der Waals surface area contributed by atoms with Gasteiger partial charge < -0.3 is 20.2 Å². The van der Waals surface area contributed by atoms with Gasteiger partial charge in [-0.25, -0.2) is 4.79 Å². The van der Waals surface area contributed by atoms with Crippen molar-refractivity contribution in [1.29, 1.82) is 0 Å². The molecule has 1 aliphatic carbocycles. The van der Waals surface area contributed by atoms with Crippen LogP contribution in [-0.2, 0) is 0 Å². The highest BCUT2D eigenvalue weighted by atomic mass is 16.3. The highest BCUT2D eigenvalue weighted by molar-refractivity contribution is 5.75. The Morgan fingerprint density at radius 2 is 2.00 bits per heavy atom. The van der Waals surface area contributed by atoms with E-state index in [9.17, 15) is 9.90 Å². The van der Waals surface area contributed by atoms with E-state index in [0.29, 0.717) is 0 Å². The summed E-state index contributed by atoms with van der Waals surface area (Å²) < 4.78 is 0. The zero-order valence-corrected chi connectivity index (χ0v) is 10.1. The van der Waals surface area contributed by atoms with Crippen molar-refractivity contribution in [2.45, 2.75) is 31.4 Å². The molecule has 2 aliphatic rings. The Bertz CT molecular complexity index is 272. The quantitative estimate of drug-likeness (QED) is 0.655. The number of carbonyl (C=O) groups excluding carboxylic acids is 1. The Morgan fingerprint density at radius 1 is 1.38 bits per heavy atom. The SMILES string of the molecule is CN1CCN(C(=O)N[C@@H]2CC[C@@]2(C)O)CC1. The maximum absolute atomic E-state index is 11.9. The monoisotopic (exact) mass is 227 g/mol. The maximum Gasteiger partial charge on any atom is 0.317 e. The van der Waals surface area contributed by atoms with Crippen LogP contribution in [0.1, 0.15) is 19.8 Å². The number of nitrogens with one attached hydrogen (secondary N) is 1. The number of hydrogen-bond acceptors (Lipinski definition) is 3. The van der Waals surface area contributed by atoms with Gasteiger partial charge >= 0.3 is 6.03 Å². The second-order valence-electron chi connectivity index (χ2n) is 5.19. The number of likely N-dealkylation sites (N-methyl/N-ethyl adjacent to an activating group) is 1. The first kappa shape index (κ1) is 11.7. The molecule has 1 heterocycles. The van der Waals surface area contributed by atoms with Crippen molar-refractivity contribution in [2.75, 3.05) is 33.2 Å². The average Bonchev–Trinajstić information content (AvgIpc) is 2.25. The topological polar surface area (TPSA) is 55.8 Å². The lowest BCUT2D eigenvalue weighted by Gasteiger charge is -2.44. The zero-order valence-electron chi connectivity index (χ0n) is 10.1. The molecule has 1 saturated carbocycles. The molecule has 1 aliphatic heterocycles. The van der Waals surface area contributed by atoms with Gasteiger partial charge in [-0.3, -0.25) is 0 Å². The molecule has 0 aromatic carbocycles. The lowest BCUT2D eigenvalue weighted by molar-refractivity contribution is -0.0487. The van der Waals surface area contributed by atoms with Crippen molar-refractivity contribution in [3.8, 4) is 0 Å². The molecule has 0 aromatic rings. The minimum atomic E-state index is -0.706. The number of amides is 2. The first-order valence-electron chi connectivity index (χ1n) is 5.95. The Hall–Kier alpha value is -0.810. The molecule has 5 nitrogen and oxygen atoms in total. The molecule has 5 heteroatoms. The fraction of sp³-hybridized carbons (Fsp3) is 0.909. The highest BCUT2D eigenvalue weighted by Gasteiger charge is 2.42. The second-order valence-corrected chi connectivity index (χ2v) is 5.19. The predicted octanol–water partition coefficient (Wildman–Crippen LogP) is -0.143. The van der Waals surface area contributed by atoms with Crippen molar-refractivity contribution in [3.05, 3.63) is 0 Å². The summed E-state index contributed by atoms with van der Waals surface area (Å²) in [4.78, 5) is 15.9. The largest absolute Gasteiger partial charge is 0.388 e. The Labute approximate surface area is 96.4 Å². The first-order chi connectivity index (χ1) is 7.49. The van der Waals surface area contributed by atoms with E-state index in [-0.39, 0.29) is 12.1 Å². The van der Waals surface area contributed by atoms with Gasteiger partial charge in [-0.15, -0.1) is 0 Å².